The average molecular weight is 413 g/mol. The van der Waals surface area contributed by atoms with Crippen molar-refractivity contribution in [3.8, 4) is 22.2 Å². The van der Waals surface area contributed by atoms with Gasteiger partial charge in [-0.1, -0.05) is 0 Å². The fraction of sp³-hybridized carbons (Fsp3) is 0.200. The lowest BCUT2D eigenvalue weighted by molar-refractivity contribution is 0.199. The minimum absolute atomic E-state index is 0.115. The Kier molecular flexibility index (Phi) is 5.70. The molecule has 0 atom stereocenters. The number of halogens is 1. The van der Waals surface area contributed by atoms with Crippen molar-refractivity contribution in [2.45, 2.75) is 6.54 Å². The van der Waals surface area contributed by atoms with E-state index in [2.05, 4.69) is 20.3 Å². The topological polar surface area (TPSA) is 98.1 Å². The molecule has 7 nitrogen and oxygen atoms in total. The summed E-state index contributed by atoms with van der Waals surface area (Å²) in [6.07, 6.45) is 3.44. The molecule has 0 amide bonds. The maximum Gasteiger partial charge on any atom is 0.167 e. The first-order chi connectivity index (χ1) is 14.1. The van der Waals surface area contributed by atoms with Gasteiger partial charge in [0.2, 0.25) is 0 Å². The first kappa shape index (κ1) is 19.3. The van der Waals surface area contributed by atoms with Gasteiger partial charge in [0.1, 0.15) is 11.6 Å². The summed E-state index contributed by atoms with van der Waals surface area (Å²) in [6.45, 7) is 2.09. The molecule has 150 valence electrons. The third-order valence-corrected chi connectivity index (χ3v) is 5.36. The van der Waals surface area contributed by atoms with Gasteiger partial charge in [-0.25, -0.2) is 9.37 Å². The number of H-pyrrole nitrogens is 1. The first-order valence-electron chi connectivity index (χ1n) is 8.99. The molecule has 0 saturated carbocycles. The number of anilines is 1. The molecule has 0 aliphatic heterocycles. The number of pyridine rings is 1. The van der Waals surface area contributed by atoms with Crippen LogP contribution in [-0.2, 0) is 11.3 Å². The number of ether oxygens (including phenoxy) is 2. The van der Waals surface area contributed by atoms with Crippen LogP contribution in [0.15, 0.2) is 42.7 Å². The number of nitrogens with one attached hydrogen (secondary N) is 2. The first-order valence-corrected chi connectivity index (χ1v) is 9.81. The van der Waals surface area contributed by atoms with E-state index in [1.807, 2.05) is 6.07 Å². The summed E-state index contributed by atoms with van der Waals surface area (Å²) < 4.78 is 25.7. The number of hydrogen-bond acceptors (Lipinski definition) is 7. The number of benzene rings is 1. The summed E-state index contributed by atoms with van der Waals surface area (Å²) in [5.74, 6) is 0.886. The third kappa shape index (κ3) is 4.37. The molecule has 0 aliphatic rings. The van der Waals surface area contributed by atoms with Crippen LogP contribution in [0.1, 0.15) is 5.69 Å². The Morgan fingerprint density at radius 3 is 2.93 bits per heavy atom. The van der Waals surface area contributed by atoms with Gasteiger partial charge < -0.3 is 25.5 Å². The highest BCUT2D eigenvalue weighted by molar-refractivity contribution is 7.22. The molecular weight excluding hydrogens is 393 g/mol. The van der Waals surface area contributed by atoms with E-state index in [-0.39, 0.29) is 5.75 Å². The van der Waals surface area contributed by atoms with E-state index in [9.17, 15) is 4.39 Å². The van der Waals surface area contributed by atoms with E-state index in [1.54, 1.807) is 31.6 Å². The molecule has 9 heteroatoms. The summed E-state index contributed by atoms with van der Waals surface area (Å²) in [5, 5.41) is 3.27. The summed E-state index contributed by atoms with van der Waals surface area (Å²) in [5.41, 5.74) is 7.68. The lowest BCUT2D eigenvalue weighted by atomic mass is 10.3. The van der Waals surface area contributed by atoms with Gasteiger partial charge in [0.25, 0.3) is 0 Å². The zero-order valence-electron chi connectivity index (χ0n) is 15.7. The number of aromatic nitrogens is 3. The molecule has 1 aromatic carbocycles. The fourth-order valence-electron chi connectivity index (χ4n) is 2.80. The minimum atomic E-state index is -0.511. The average Bonchev–Trinajstić information content (AvgIpc) is 3.34. The van der Waals surface area contributed by atoms with Crippen LogP contribution in [-0.4, -0.2) is 35.2 Å². The summed E-state index contributed by atoms with van der Waals surface area (Å²) in [7, 11) is 1.67. The Labute approximate surface area is 170 Å². The molecule has 4 N–H and O–H groups in total. The van der Waals surface area contributed by atoms with Gasteiger partial charge in [-0.3, -0.25) is 4.98 Å². The lowest BCUT2D eigenvalue weighted by Crippen LogP contribution is -2.18. The molecule has 3 heterocycles. The summed E-state index contributed by atoms with van der Waals surface area (Å²) >= 11 is 1.48. The lowest BCUT2D eigenvalue weighted by Gasteiger charge is -2.07. The van der Waals surface area contributed by atoms with E-state index in [4.69, 9.17) is 15.2 Å². The molecule has 0 fully saturated rings. The molecule has 4 rings (SSSR count). The second-order valence-corrected chi connectivity index (χ2v) is 7.40. The van der Waals surface area contributed by atoms with Gasteiger partial charge in [-0.2, -0.15) is 0 Å². The van der Waals surface area contributed by atoms with E-state index in [0.717, 1.165) is 33.2 Å². The number of thiophene rings is 1. The van der Waals surface area contributed by atoms with E-state index in [0.29, 0.717) is 24.6 Å². The number of nitrogens with two attached hydrogens (primary N) is 1. The molecular formula is C20H20FN5O2S. The Morgan fingerprint density at radius 1 is 1.21 bits per heavy atom. The van der Waals surface area contributed by atoms with Gasteiger partial charge >= 0.3 is 0 Å². The molecule has 4 aromatic rings. The van der Waals surface area contributed by atoms with Crippen molar-refractivity contribution in [3.05, 3.63) is 54.2 Å². The predicted octanol–water partition coefficient (Wildman–Crippen LogP) is 3.94. The second-order valence-electron chi connectivity index (χ2n) is 6.35. The zero-order valence-corrected chi connectivity index (χ0v) is 16.6. The van der Waals surface area contributed by atoms with E-state index in [1.165, 1.54) is 23.5 Å². The maximum atomic E-state index is 14.1. The Bertz CT molecular complexity index is 1130. The quantitative estimate of drug-likeness (QED) is 0.299. The molecule has 0 saturated heterocycles. The number of imidazole rings is 1. The highest BCUT2D eigenvalue weighted by Gasteiger charge is 2.14. The zero-order chi connectivity index (χ0) is 20.2. The molecule has 3 aromatic heterocycles. The number of rotatable bonds is 8. The highest BCUT2D eigenvalue weighted by atomic mass is 32.1. The Balaban J connectivity index is 1.57. The standard InChI is InChI=1S/C20H20FN5O2S/c1-27-7-6-23-10-13-11-25-20(26-13)18-9-15-19(29-18)17(4-5-24-15)28-16-3-2-12(22)8-14(16)21/h2-5,8-9,11,23H,6-7,10,22H2,1H3,(H,25,26). The van der Waals surface area contributed by atoms with Crippen LogP contribution >= 0.6 is 11.3 Å². The fourth-order valence-corrected chi connectivity index (χ4v) is 3.82. The number of fused-ring (bicyclic) bond motifs is 1. The monoisotopic (exact) mass is 413 g/mol. The van der Waals surface area contributed by atoms with Crippen molar-refractivity contribution in [3.63, 3.8) is 0 Å². The van der Waals surface area contributed by atoms with Crippen molar-refractivity contribution in [1.82, 2.24) is 20.3 Å². The Hall–Kier alpha value is -3.01. The van der Waals surface area contributed by atoms with Crippen LogP contribution in [0.2, 0.25) is 0 Å². The van der Waals surface area contributed by atoms with Crippen LogP contribution in [0.3, 0.4) is 0 Å². The van der Waals surface area contributed by atoms with Crippen molar-refractivity contribution < 1.29 is 13.9 Å². The highest BCUT2D eigenvalue weighted by Crippen LogP contribution is 2.38. The normalized spacial score (nSPS) is 11.2. The second kappa shape index (κ2) is 8.56. The van der Waals surface area contributed by atoms with Crippen LogP contribution in [0.5, 0.6) is 11.5 Å². The van der Waals surface area contributed by atoms with Gasteiger partial charge in [-0.05, 0) is 18.2 Å². The molecule has 0 spiro atoms. The number of hydrogen-bond donors (Lipinski definition) is 3. The van der Waals surface area contributed by atoms with Gasteiger partial charge in [0.15, 0.2) is 11.6 Å². The van der Waals surface area contributed by atoms with E-state index >= 15 is 0 Å². The molecule has 0 radical (unpaired) electrons. The minimum Gasteiger partial charge on any atom is -0.453 e. The van der Waals surface area contributed by atoms with Crippen molar-refractivity contribution in [1.29, 1.82) is 0 Å². The number of aromatic amines is 1. The Morgan fingerprint density at radius 2 is 2.10 bits per heavy atom. The number of methoxy groups -OCH3 is 1. The summed E-state index contributed by atoms with van der Waals surface area (Å²) in [6, 6.07) is 8.00. The molecule has 0 aliphatic carbocycles. The van der Waals surface area contributed by atoms with E-state index < -0.39 is 5.82 Å². The largest absolute Gasteiger partial charge is 0.453 e. The molecule has 0 bridgehead atoms. The maximum absolute atomic E-state index is 14.1. The smallest absolute Gasteiger partial charge is 0.167 e. The molecule has 29 heavy (non-hydrogen) atoms. The van der Waals surface area contributed by atoms with Crippen molar-refractivity contribution in [2.75, 3.05) is 26.0 Å². The van der Waals surface area contributed by atoms with Gasteiger partial charge in [0.05, 0.1) is 21.7 Å². The number of nitrogens with zero attached hydrogens (tertiary/aromatic N) is 2. The van der Waals surface area contributed by atoms with Crippen molar-refractivity contribution in [2.24, 2.45) is 0 Å². The van der Waals surface area contributed by atoms with Crippen LogP contribution in [0.25, 0.3) is 20.9 Å². The van der Waals surface area contributed by atoms with Crippen LogP contribution < -0.4 is 15.8 Å². The van der Waals surface area contributed by atoms with Crippen LogP contribution in [0.4, 0.5) is 10.1 Å². The molecule has 0 unspecified atom stereocenters. The third-order valence-electron chi connectivity index (χ3n) is 4.21. The summed E-state index contributed by atoms with van der Waals surface area (Å²) in [4.78, 5) is 13.1. The van der Waals surface area contributed by atoms with Gasteiger partial charge in [0, 0.05) is 56.1 Å². The van der Waals surface area contributed by atoms with Gasteiger partial charge in [-0.15, -0.1) is 11.3 Å². The number of nitrogen functional groups attached to an aromatic ring is 1. The van der Waals surface area contributed by atoms with Crippen molar-refractivity contribution >= 4 is 27.2 Å². The van der Waals surface area contributed by atoms with Crippen LogP contribution in [0, 0.1) is 5.82 Å². The SMILES string of the molecule is COCCNCc1cnc(-c2cc3nccc(Oc4ccc(N)cc4F)c3s2)[nH]1. The predicted molar refractivity (Wildman–Crippen MR) is 112 cm³/mol.